The highest BCUT2D eigenvalue weighted by Gasteiger charge is 2.29. The summed E-state index contributed by atoms with van der Waals surface area (Å²) in [6.45, 7) is 5.15. The van der Waals surface area contributed by atoms with Crippen molar-refractivity contribution in [1.82, 2.24) is 0 Å². The lowest BCUT2D eigenvalue weighted by Gasteiger charge is -2.16. The van der Waals surface area contributed by atoms with Gasteiger partial charge in [-0.05, 0) is 35.1 Å². The minimum absolute atomic E-state index is 0.158. The molecule has 0 fully saturated rings. The zero-order valence-corrected chi connectivity index (χ0v) is 41.0. The predicted octanol–water partition coefficient (Wildman–Crippen LogP) is 14.8. The van der Waals surface area contributed by atoms with Crippen LogP contribution in [0.2, 0.25) is 0 Å². The Balaban J connectivity index is 0.000000376. The fourth-order valence-corrected chi connectivity index (χ4v) is 7.15. The van der Waals surface area contributed by atoms with Crippen LogP contribution in [0.5, 0.6) is 0 Å². The molecule has 0 atom stereocenters. The van der Waals surface area contributed by atoms with Gasteiger partial charge in [-0.2, -0.15) is 0 Å². The number of carbonyl (C=O) groups is 4. The van der Waals surface area contributed by atoms with Gasteiger partial charge in [0.25, 0.3) is 0 Å². The standard InChI is InChI=1S/C28H38O4.C17H16O4.C11H23Br/c1-2-3-4-5-6-7-8-9-16-21-26(27(29)31-22-24-17-12-10-13-18-24)28(30)32-23-25-19-14-11-15-20-25;18-16(20-12-14-7-3-1-4-8-14)11-17(19)21-13-15-9-5-2-6-10-15;1-2-3-4-5-6-7-8-9-10-11-12/h10-15,17-20,26H,2-9,16,21-23H2,1H3;1-10H,11-13H2;2-11H2,1H3. The third-order valence-electron chi connectivity index (χ3n) is 10.6. The van der Waals surface area contributed by atoms with Gasteiger partial charge in [-0.3, -0.25) is 19.2 Å². The molecule has 0 spiro atoms. The van der Waals surface area contributed by atoms with Crippen molar-refractivity contribution in [2.45, 2.75) is 169 Å². The average molecular weight is 958 g/mol. The Morgan fingerprint density at radius 2 is 0.662 bits per heavy atom. The molecule has 0 radical (unpaired) electrons. The number of esters is 4. The van der Waals surface area contributed by atoms with Gasteiger partial charge >= 0.3 is 23.9 Å². The van der Waals surface area contributed by atoms with E-state index >= 15 is 0 Å². The van der Waals surface area contributed by atoms with E-state index in [2.05, 4.69) is 29.8 Å². The molecule has 0 aromatic heterocycles. The van der Waals surface area contributed by atoms with Crippen molar-refractivity contribution in [3.8, 4) is 0 Å². The quantitative estimate of drug-likeness (QED) is 0.0161. The minimum Gasteiger partial charge on any atom is -0.460 e. The number of halogens is 1. The van der Waals surface area contributed by atoms with Gasteiger partial charge in [0, 0.05) is 5.33 Å². The molecule has 0 aliphatic heterocycles. The van der Waals surface area contributed by atoms with Crippen LogP contribution in [0, 0.1) is 5.92 Å². The molecule has 4 rings (SSSR count). The lowest BCUT2D eigenvalue weighted by molar-refractivity contribution is -0.164. The van der Waals surface area contributed by atoms with Crippen LogP contribution in [0.4, 0.5) is 0 Å². The Morgan fingerprint density at radius 3 is 0.969 bits per heavy atom. The maximum Gasteiger partial charge on any atom is 0.320 e. The molecule has 0 saturated heterocycles. The molecule has 0 N–H and O–H groups in total. The number of ether oxygens (including phenoxy) is 4. The Morgan fingerprint density at radius 1 is 0.385 bits per heavy atom. The van der Waals surface area contributed by atoms with E-state index in [0.717, 1.165) is 41.5 Å². The lowest BCUT2D eigenvalue weighted by atomic mass is 10.00. The summed E-state index contributed by atoms with van der Waals surface area (Å²) in [7, 11) is 0. The lowest BCUT2D eigenvalue weighted by Crippen LogP contribution is -2.28. The van der Waals surface area contributed by atoms with Crippen molar-refractivity contribution in [3.63, 3.8) is 0 Å². The van der Waals surface area contributed by atoms with Gasteiger partial charge in [0.1, 0.15) is 32.8 Å². The molecule has 9 heteroatoms. The van der Waals surface area contributed by atoms with E-state index in [1.54, 1.807) is 0 Å². The Labute approximate surface area is 399 Å². The largest absolute Gasteiger partial charge is 0.460 e. The number of hydrogen-bond acceptors (Lipinski definition) is 8. The van der Waals surface area contributed by atoms with Crippen LogP contribution < -0.4 is 0 Å². The molecular weight excluding hydrogens is 881 g/mol. The van der Waals surface area contributed by atoms with Gasteiger partial charge in [-0.1, -0.05) is 260 Å². The Kier molecular flexibility index (Phi) is 34.3. The average Bonchev–Trinajstić information content (AvgIpc) is 3.34. The summed E-state index contributed by atoms with van der Waals surface area (Å²) in [5.74, 6) is -3.03. The summed E-state index contributed by atoms with van der Waals surface area (Å²) < 4.78 is 20.9. The van der Waals surface area contributed by atoms with E-state index < -0.39 is 29.8 Å². The predicted molar refractivity (Wildman–Crippen MR) is 266 cm³/mol. The summed E-state index contributed by atoms with van der Waals surface area (Å²) in [4.78, 5) is 48.5. The van der Waals surface area contributed by atoms with E-state index in [0.29, 0.717) is 6.42 Å². The zero-order valence-electron chi connectivity index (χ0n) is 39.4. The van der Waals surface area contributed by atoms with Crippen molar-refractivity contribution in [1.29, 1.82) is 0 Å². The summed E-state index contributed by atoms with van der Waals surface area (Å²) in [5, 5.41) is 1.18. The zero-order chi connectivity index (χ0) is 46.8. The van der Waals surface area contributed by atoms with Crippen LogP contribution in [0.15, 0.2) is 121 Å². The van der Waals surface area contributed by atoms with Crippen molar-refractivity contribution in [2.75, 3.05) is 5.33 Å². The van der Waals surface area contributed by atoms with E-state index in [1.165, 1.54) is 102 Å². The van der Waals surface area contributed by atoms with E-state index in [4.69, 9.17) is 18.9 Å². The molecule has 0 bridgehead atoms. The van der Waals surface area contributed by atoms with E-state index in [-0.39, 0.29) is 32.8 Å². The fourth-order valence-electron chi connectivity index (χ4n) is 6.75. The van der Waals surface area contributed by atoms with Crippen molar-refractivity contribution in [2.24, 2.45) is 5.92 Å². The smallest absolute Gasteiger partial charge is 0.320 e. The topological polar surface area (TPSA) is 105 Å². The molecule has 65 heavy (non-hydrogen) atoms. The molecule has 4 aromatic carbocycles. The van der Waals surface area contributed by atoms with Crippen molar-refractivity contribution >= 4 is 39.8 Å². The monoisotopic (exact) mass is 956 g/mol. The third kappa shape index (κ3) is 30.9. The number of rotatable bonds is 31. The van der Waals surface area contributed by atoms with Crippen LogP contribution >= 0.6 is 15.9 Å². The van der Waals surface area contributed by atoms with Gasteiger partial charge in [0.05, 0.1) is 0 Å². The van der Waals surface area contributed by atoms with Crippen LogP contribution in [-0.4, -0.2) is 29.2 Å². The highest BCUT2D eigenvalue weighted by molar-refractivity contribution is 9.09. The second-order valence-electron chi connectivity index (χ2n) is 16.3. The molecule has 0 aliphatic carbocycles. The number of carbonyl (C=O) groups excluding carboxylic acids is 4. The molecule has 0 amide bonds. The van der Waals surface area contributed by atoms with Gasteiger partial charge in [-0.25, -0.2) is 0 Å². The number of alkyl halides is 1. The number of hydrogen-bond donors (Lipinski definition) is 0. The molecule has 4 aromatic rings. The summed E-state index contributed by atoms with van der Waals surface area (Å²) in [6, 6.07) is 37.6. The second-order valence-corrected chi connectivity index (χ2v) is 17.1. The summed E-state index contributed by atoms with van der Waals surface area (Å²) in [6.07, 6.45) is 23.6. The first kappa shape index (κ1) is 56.4. The fraction of sp³-hybridized carbons (Fsp3) is 0.500. The van der Waals surface area contributed by atoms with Gasteiger partial charge < -0.3 is 18.9 Å². The SMILES string of the molecule is CCCCCCCCCCCBr.CCCCCCCCCCCC(C(=O)OCc1ccccc1)C(=O)OCc1ccccc1.O=C(CC(=O)OCc1ccccc1)OCc1ccccc1. The summed E-state index contributed by atoms with van der Waals surface area (Å²) in [5.41, 5.74) is 3.56. The first-order chi connectivity index (χ1) is 31.9. The van der Waals surface area contributed by atoms with Gasteiger partial charge in [-0.15, -0.1) is 0 Å². The molecule has 8 nitrogen and oxygen atoms in total. The van der Waals surface area contributed by atoms with Crippen LogP contribution in [-0.2, 0) is 64.6 Å². The number of unbranched alkanes of at least 4 members (excludes halogenated alkanes) is 16. The highest BCUT2D eigenvalue weighted by atomic mass is 79.9. The van der Waals surface area contributed by atoms with Crippen LogP contribution in [0.1, 0.15) is 165 Å². The van der Waals surface area contributed by atoms with Crippen molar-refractivity contribution in [3.05, 3.63) is 144 Å². The maximum atomic E-state index is 12.7. The molecule has 356 valence electrons. The first-order valence-corrected chi connectivity index (χ1v) is 25.3. The molecular formula is C56H77BrO8. The molecule has 0 saturated carbocycles. The Bertz CT molecular complexity index is 1640. The molecule has 0 heterocycles. The summed E-state index contributed by atoms with van der Waals surface area (Å²) >= 11 is 3.45. The second kappa shape index (κ2) is 39.6. The Hall–Kier alpha value is -4.76. The van der Waals surface area contributed by atoms with Crippen molar-refractivity contribution < 1.29 is 38.1 Å². The maximum absolute atomic E-state index is 12.7. The number of benzene rings is 4. The van der Waals surface area contributed by atoms with Crippen LogP contribution in [0.25, 0.3) is 0 Å². The highest BCUT2D eigenvalue weighted by Crippen LogP contribution is 2.18. The van der Waals surface area contributed by atoms with E-state index in [9.17, 15) is 19.2 Å². The first-order valence-electron chi connectivity index (χ1n) is 24.2. The minimum atomic E-state index is -0.869. The normalized spacial score (nSPS) is 10.5. The molecule has 0 aliphatic rings. The molecule has 0 unspecified atom stereocenters. The van der Waals surface area contributed by atoms with Gasteiger partial charge in [0.15, 0.2) is 5.92 Å². The van der Waals surface area contributed by atoms with Gasteiger partial charge in [0.2, 0.25) is 0 Å². The van der Waals surface area contributed by atoms with Crippen LogP contribution in [0.3, 0.4) is 0 Å². The third-order valence-corrected chi connectivity index (χ3v) is 11.2. The van der Waals surface area contributed by atoms with E-state index in [1.807, 2.05) is 121 Å².